The van der Waals surface area contributed by atoms with E-state index < -0.39 is 0 Å². The molecule has 1 N–H and O–H groups in total. The summed E-state index contributed by atoms with van der Waals surface area (Å²) in [6, 6.07) is 4.21. The lowest BCUT2D eigenvalue weighted by atomic mass is 9.78. The van der Waals surface area contributed by atoms with Crippen LogP contribution in [0.25, 0.3) is 0 Å². The van der Waals surface area contributed by atoms with E-state index in [2.05, 4.69) is 57.8 Å². The maximum atomic E-state index is 14.6. The Morgan fingerprint density at radius 2 is 2.05 bits per heavy atom. The first-order valence-electron chi connectivity index (χ1n) is 8.60. The molecule has 0 unspecified atom stereocenters. The SMILES string of the molecule is CCCNCc1cc2c(cc1F)N(C(C)C)C(C)(C)C[C@@H]2C. The summed E-state index contributed by atoms with van der Waals surface area (Å²) in [5, 5.41) is 3.31. The van der Waals surface area contributed by atoms with E-state index >= 15 is 0 Å². The van der Waals surface area contributed by atoms with Crippen molar-refractivity contribution in [2.75, 3.05) is 11.4 Å². The number of hydrogen-bond acceptors (Lipinski definition) is 2. The molecule has 2 nitrogen and oxygen atoms in total. The summed E-state index contributed by atoms with van der Waals surface area (Å²) in [5.74, 6) is 0.378. The Balaban J connectivity index is 2.42. The van der Waals surface area contributed by atoms with Gasteiger partial charge in [-0.15, -0.1) is 0 Å². The van der Waals surface area contributed by atoms with Crippen molar-refractivity contribution in [3.8, 4) is 0 Å². The van der Waals surface area contributed by atoms with Gasteiger partial charge in [0.25, 0.3) is 0 Å². The Bertz CT molecular complexity index is 522. The molecule has 0 aliphatic carbocycles. The van der Waals surface area contributed by atoms with Gasteiger partial charge < -0.3 is 10.2 Å². The fraction of sp³-hybridized carbons (Fsp3) is 0.684. The first-order valence-corrected chi connectivity index (χ1v) is 8.60. The van der Waals surface area contributed by atoms with Crippen LogP contribution in [0.4, 0.5) is 10.1 Å². The molecule has 0 fully saturated rings. The molecule has 2 rings (SSSR count). The van der Waals surface area contributed by atoms with Gasteiger partial charge in [-0.3, -0.25) is 0 Å². The quantitative estimate of drug-likeness (QED) is 0.784. The van der Waals surface area contributed by atoms with Gasteiger partial charge in [-0.1, -0.05) is 13.8 Å². The normalized spacial score (nSPS) is 20.4. The molecule has 0 radical (unpaired) electrons. The Kier molecular flexibility index (Phi) is 5.16. The first kappa shape index (κ1) is 17.3. The van der Waals surface area contributed by atoms with Gasteiger partial charge >= 0.3 is 0 Å². The van der Waals surface area contributed by atoms with Gasteiger partial charge in [0.05, 0.1) is 0 Å². The minimum atomic E-state index is -0.0853. The van der Waals surface area contributed by atoms with Gasteiger partial charge in [0.2, 0.25) is 0 Å². The summed E-state index contributed by atoms with van der Waals surface area (Å²) >= 11 is 0. The fourth-order valence-corrected chi connectivity index (χ4v) is 4.03. The van der Waals surface area contributed by atoms with Crippen LogP contribution in [0.1, 0.15) is 71.4 Å². The predicted octanol–water partition coefficient (Wildman–Crippen LogP) is 4.83. The molecule has 0 spiro atoms. The van der Waals surface area contributed by atoms with Crippen LogP contribution in [0.15, 0.2) is 12.1 Å². The molecular weight excluding hydrogens is 275 g/mol. The number of rotatable bonds is 5. The summed E-state index contributed by atoms with van der Waals surface area (Å²) in [6.07, 6.45) is 2.17. The second kappa shape index (κ2) is 6.57. The van der Waals surface area contributed by atoms with Crippen LogP contribution < -0.4 is 10.2 Å². The molecule has 0 amide bonds. The standard InChI is InChI=1S/C19H31FN2/c1-7-8-21-12-15-9-16-14(4)11-19(5,6)22(13(2)3)18(16)10-17(15)20/h9-10,13-14,21H,7-8,11-12H2,1-6H3/t14-/m0/s1. The van der Waals surface area contributed by atoms with E-state index in [-0.39, 0.29) is 11.4 Å². The second-order valence-corrected chi connectivity index (χ2v) is 7.56. The number of anilines is 1. The van der Waals surface area contributed by atoms with Gasteiger partial charge in [-0.25, -0.2) is 4.39 Å². The van der Waals surface area contributed by atoms with Crippen LogP contribution in [0, 0.1) is 5.82 Å². The molecule has 1 heterocycles. The molecule has 124 valence electrons. The zero-order valence-electron chi connectivity index (χ0n) is 15.0. The highest BCUT2D eigenvalue weighted by Gasteiger charge is 2.38. The zero-order chi connectivity index (χ0) is 16.5. The lowest BCUT2D eigenvalue weighted by Gasteiger charge is -2.50. The summed E-state index contributed by atoms with van der Waals surface area (Å²) < 4.78 is 14.6. The lowest BCUT2D eigenvalue weighted by Crippen LogP contribution is -2.52. The fourth-order valence-electron chi connectivity index (χ4n) is 4.03. The van der Waals surface area contributed by atoms with Crippen LogP contribution >= 0.6 is 0 Å². The number of fused-ring (bicyclic) bond motifs is 1. The maximum Gasteiger partial charge on any atom is 0.129 e. The zero-order valence-corrected chi connectivity index (χ0v) is 15.0. The van der Waals surface area contributed by atoms with E-state index in [0.29, 0.717) is 18.5 Å². The molecule has 0 saturated carbocycles. The van der Waals surface area contributed by atoms with Crippen molar-refractivity contribution in [1.29, 1.82) is 0 Å². The third-order valence-electron chi connectivity index (χ3n) is 4.70. The summed E-state index contributed by atoms with van der Waals surface area (Å²) in [5.41, 5.74) is 3.23. The summed E-state index contributed by atoms with van der Waals surface area (Å²) in [6.45, 7) is 14.8. The molecule has 0 aromatic heterocycles. The minimum Gasteiger partial charge on any atom is -0.364 e. The number of benzene rings is 1. The van der Waals surface area contributed by atoms with E-state index in [1.807, 2.05) is 0 Å². The number of nitrogens with one attached hydrogen (secondary N) is 1. The average Bonchev–Trinajstić information content (AvgIpc) is 2.38. The second-order valence-electron chi connectivity index (χ2n) is 7.56. The highest BCUT2D eigenvalue weighted by Crippen LogP contribution is 2.45. The molecule has 22 heavy (non-hydrogen) atoms. The third kappa shape index (κ3) is 3.29. The van der Waals surface area contributed by atoms with Crippen LogP contribution in [-0.2, 0) is 6.54 Å². The molecule has 0 saturated heterocycles. The van der Waals surface area contributed by atoms with Crippen molar-refractivity contribution in [3.63, 3.8) is 0 Å². The molecule has 1 atom stereocenters. The third-order valence-corrected chi connectivity index (χ3v) is 4.70. The van der Waals surface area contributed by atoms with E-state index in [1.54, 1.807) is 6.07 Å². The smallest absolute Gasteiger partial charge is 0.129 e. The Morgan fingerprint density at radius 1 is 1.36 bits per heavy atom. The van der Waals surface area contributed by atoms with Crippen LogP contribution in [0.2, 0.25) is 0 Å². The van der Waals surface area contributed by atoms with Crippen molar-refractivity contribution in [1.82, 2.24) is 5.32 Å². The molecule has 3 heteroatoms. The average molecular weight is 306 g/mol. The number of nitrogens with zero attached hydrogens (tertiary/aromatic N) is 1. The van der Waals surface area contributed by atoms with Crippen molar-refractivity contribution in [2.45, 2.75) is 78.4 Å². The van der Waals surface area contributed by atoms with Crippen molar-refractivity contribution in [2.24, 2.45) is 0 Å². The lowest BCUT2D eigenvalue weighted by molar-refractivity contribution is 0.354. The first-order chi connectivity index (χ1) is 10.3. The van der Waals surface area contributed by atoms with Crippen LogP contribution in [0.3, 0.4) is 0 Å². The van der Waals surface area contributed by atoms with Gasteiger partial charge in [0.1, 0.15) is 5.82 Å². The molecule has 1 aromatic rings. The molecule has 0 bridgehead atoms. The highest BCUT2D eigenvalue weighted by atomic mass is 19.1. The van der Waals surface area contributed by atoms with Crippen LogP contribution in [-0.4, -0.2) is 18.1 Å². The molecule has 1 aliphatic rings. The summed E-state index contributed by atoms with van der Waals surface area (Å²) in [4.78, 5) is 2.38. The van der Waals surface area contributed by atoms with Crippen molar-refractivity contribution >= 4 is 5.69 Å². The molecule has 1 aliphatic heterocycles. The predicted molar refractivity (Wildman–Crippen MR) is 93.1 cm³/mol. The van der Waals surface area contributed by atoms with E-state index in [9.17, 15) is 4.39 Å². The molecule has 1 aromatic carbocycles. The van der Waals surface area contributed by atoms with E-state index in [0.717, 1.165) is 30.6 Å². The van der Waals surface area contributed by atoms with E-state index in [4.69, 9.17) is 0 Å². The van der Waals surface area contributed by atoms with Crippen LogP contribution in [0.5, 0.6) is 0 Å². The van der Waals surface area contributed by atoms with Gasteiger partial charge in [0, 0.05) is 29.4 Å². The Labute approximate surface area is 135 Å². The van der Waals surface area contributed by atoms with Gasteiger partial charge in [-0.2, -0.15) is 0 Å². The van der Waals surface area contributed by atoms with Gasteiger partial charge in [0.15, 0.2) is 0 Å². The van der Waals surface area contributed by atoms with E-state index in [1.165, 1.54) is 5.56 Å². The Morgan fingerprint density at radius 3 is 2.64 bits per heavy atom. The molecular formula is C19H31FN2. The minimum absolute atomic E-state index is 0.0645. The maximum absolute atomic E-state index is 14.6. The topological polar surface area (TPSA) is 15.3 Å². The largest absolute Gasteiger partial charge is 0.364 e. The number of hydrogen-bond donors (Lipinski definition) is 1. The van der Waals surface area contributed by atoms with Crippen molar-refractivity contribution < 1.29 is 4.39 Å². The van der Waals surface area contributed by atoms with Gasteiger partial charge in [-0.05, 0) is 70.7 Å². The highest BCUT2D eigenvalue weighted by molar-refractivity contribution is 5.61. The monoisotopic (exact) mass is 306 g/mol. The van der Waals surface area contributed by atoms with Crippen molar-refractivity contribution in [3.05, 3.63) is 29.1 Å². The Hall–Kier alpha value is -1.09. The number of halogens is 1. The summed E-state index contributed by atoms with van der Waals surface area (Å²) in [7, 11) is 0.